The summed E-state index contributed by atoms with van der Waals surface area (Å²) in [4.78, 5) is 20.1. The predicted octanol–water partition coefficient (Wildman–Crippen LogP) is 2.93. The fourth-order valence-corrected chi connectivity index (χ4v) is 2.08. The molecule has 0 saturated heterocycles. The van der Waals surface area contributed by atoms with Gasteiger partial charge in [-0.25, -0.2) is 4.79 Å². The Labute approximate surface area is 143 Å². The fraction of sp³-hybridized carbons (Fsp3) is 0.467. The van der Waals surface area contributed by atoms with E-state index in [0.29, 0.717) is 23.4 Å². The highest BCUT2D eigenvalue weighted by Crippen LogP contribution is 2.31. The van der Waals surface area contributed by atoms with E-state index in [1.54, 1.807) is 19.9 Å². The van der Waals surface area contributed by atoms with Crippen molar-refractivity contribution in [3.8, 4) is 11.8 Å². The molecule has 0 atom stereocenters. The number of amides is 1. The molecule has 8 nitrogen and oxygen atoms in total. The summed E-state index contributed by atoms with van der Waals surface area (Å²) in [7, 11) is 0. The normalized spacial score (nSPS) is 14.3. The lowest BCUT2D eigenvalue weighted by Gasteiger charge is -2.21. The summed E-state index contributed by atoms with van der Waals surface area (Å²) in [6.07, 6.45) is 2.80. The van der Waals surface area contributed by atoms with Crippen molar-refractivity contribution in [2.24, 2.45) is 5.92 Å². The second kappa shape index (κ2) is 6.64. The fourth-order valence-electron chi connectivity index (χ4n) is 1.92. The Hall–Kier alpha value is -2.35. The van der Waals surface area contributed by atoms with Gasteiger partial charge in [-0.05, 0) is 38.7 Å². The summed E-state index contributed by atoms with van der Waals surface area (Å²) < 4.78 is 15.4. The van der Waals surface area contributed by atoms with Crippen LogP contribution in [0, 0.1) is 5.92 Å². The lowest BCUT2D eigenvalue weighted by Crippen LogP contribution is -2.43. The minimum Gasteiger partial charge on any atom is -0.476 e. The second-order valence-corrected chi connectivity index (χ2v) is 6.49. The highest BCUT2D eigenvalue weighted by Gasteiger charge is 2.28. The summed E-state index contributed by atoms with van der Waals surface area (Å²) in [6.45, 7) is 4.00. The van der Waals surface area contributed by atoms with Crippen LogP contribution in [0.5, 0.6) is 11.8 Å². The Bertz CT molecular complexity index is 716. The van der Waals surface area contributed by atoms with Gasteiger partial charge in [0.05, 0.1) is 6.61 Å². The smallest absolute Gasteiger partial charge is 0.414 e. The molecule has 2 aromatic heterocycles. The van der Waals surface area contributed by atoms with Crippen LogP contribution in [0.15, 0.2) is 23.0 Å². The Morgan fingerprint density at radius 1 is 1.46 bits per heavy atom. The van der Waals surface area contributed by atoms with E-state index in [-0.39, 0.29) is 11.8 Å². The molecule has 0 radical (unpaired) electrons. The molecule has 0 aliphatic heterocycles. The van der Waals surface area contributed by atoms with Gasteiger partial charge in [0.1, 0.15) is 10.6 Å². The maximum absolute atomic E-state index is 12.1. The predicted molar refractivity (Wildman–Crippen MR) is 83.9 cm³/mol. The summed E-state index contributed by atoms with van der Waals surface area (Å²) in [6, 6.07) is 3.07. The van der Waals surface area contributed by atoms with Crippen molar-refractivity contribution in [1.29, 1.82) is 0 Å². The Morgan fingerprint density at radius 2 is 2.25 bits per heavy atom. The van der Waals surface area contributed by atoms with Crippen LogP contribution in [0.4, 0.5) is 4.79 Å². The SMILES string of the molecule is CC(C)(NC(=O)Oc1ccc(Cl)c(OCC2CC2)n1)c1ncon1. The molecule has 2 aromatic rings. The van der Waals surface area contributed by atoms with Gasteiger partial charge < -0.3 is 19.3 Å². The molecule has 0 unspecified atom stereocenters. The molecular weight excluding hydrogens is 336 g/mol. The van der Waals surface area contributed by atoms with Crippen LogP contribution in [0.2, 0.25) is 5.02 Å². The van der Waals surface area contributed by atoms with Gasteiger partial charge in [-0.1, -0.05) is 16.8 Å². The molecule has 3 rings (SSSR count). The minimum atomic E-state index is -0.859. The maximum Gasteiger partial charge on any atom is 0.414 e. The van der Waals surface area contributed by atoms with Gasteiger partial charge in [-0.15, -0.1) is 0 Å². The van der Waals surface area contributed by atoms with Gasteiger partial charge in [0.15, 0.2) is 5.82 Å². The Balaban J connectivity index is 1.62. The Morgan fingerprint density at radius 3 is 2.92 bits per heavy atom. The zero-order chi connectivity index (χ0) is 17.2. The summed E-state index contributed by atoms with van der Waals surface area (Å²) in [5.41, 5.74) is -0.859. The van der Waals surface area contributed by atoms with E-state index in [2.05, 4.69) is 25.0 Å². The molecule has 0 bridgehead atoms. The molecule has 0 spiro atoms. The number of ether oxygens (including phenoxy) is 2. The third-order valence-electron chi connectivity index (χ3n) is 3.47. The van der Waals surface area contributed by atoms with E-state index in [9.17, 15) is 4.79 Å². The Kier molecular flexibility index (Phi) is 4.57. The van der Waals surface area contributed by atoms with E-state index in [1.807, 2.05) is 0 Å². The standard InChI is InChI=1S/C15H17ClN4O4/c1-15(2,13-17-8-23-20-13)19-14(21)24-11-6-5-10(16)12(18-11)22-7-9-3-4-9/h5-6,8-9H,3-4,7H2,1-2H3,(H,19,21). The number of pyridine rings is 1. The number of carbonyl (C=O) groups is 1. The third-order valence-corrected chi connectivity index (χ3v) is 3.76. The maximum atomic E-state index is 12.1. The number of hydrogen-bond acceptors (Lipinski definition) is 7. The van der Waals surface area contributed by atoms with E-state index in [4.69, 9.17) is 21.1 Å². The number of aromatic nitrogens is 3. The van der Waals surface area contributed by atoms with E-state index in [0.717, 1.165) is 12.8 Å². The van der Waals surface area contributed by atoms with E-state index < -0.39 is 11.6 Å². The van der Waals surface area contributed by atoms with E-state index >= 15 is 0 Å². The molecule has 1 fully saturated rings. The summed E-state index contributed by atoms with van der Waals surface area (Å²) in [5, 5.41) is 6.72. The third kappa shape index (κ3) is 4.14. The average molecular weight is 353 g/mol. The van der Waals surface area contributed by atoms with Crippen LogP contribution in [0.25, 0.3) is 0 Å². The van der Waals surface area contributed by atoms with Gasteiger partial charge in [0.2, 0.25) is 18.2 Å². The molecule has 1 saturated carbocycles. The monoisotopic (exact) mass is 352 g/mol. The molecule has 1 N–H and O–H groups in total. The molecule has 2 heterocycles. The number of halogens is 1. The first-order valence-electron chi connectivity index (χ1n) is 7.50. The lowest BCUT2D eigenvalue weighted by molar-refractivity contribution is 0.184. The van der Waals surface area contributed by atoms with Crippen molar-refractivity contribution < 1.29 is 18.8 Å². The lowest BCUT2D eigenvalue weighted by atomic mass is 10.1. The van der Waals surface area contributed by atoms with Crippen LogP contribution in [0.3, 0.4) is 0 Å². The van der Waals surface area contributed by atoms with Gasteiger partial charge in [0, 0.05) is 6.07 Å². The number of rotatable bonds is 6. The minimum absolute atomic E-state index is 0.0895. The number of hydrogen-bond donors (Lipinski definition) is 1. The topological polar surface area (TPSA) is 99.4 Å². The largest absolute Gasteiger partial charge is 0.476 e. The van der Waals surface area contributed by atoms with Crippen LogP contribution in [0.1, 0.15) is 32.5 Å². The van der Waals surface area contributed by atoms with Crippen LogP contribution in [-0.4, -0.2) is 27.8 Å². The first-order valence-corrected chi connectivity index (χ1v) is 7.88. The molecule has 24 heavy (non-hydrogen) atoms. The van der Waals surface area contributed by atoms with Crippen molar-refractivity contribution in [2.75, 3.05) is 6.61 Å². The van der Waals surface area contributed by atoms with Crippen LogP contribution in [-0.2, 0) is 5.54 Å². The van der Waals surface area contributed by atoms with Crippen molar-refractivity contribution in [3.05, 3.63) is 29.4 Å². The molecule has 1 aliphatic carbocycles. The molecule has 1 aliphatic rings. The quantitative estimate of drug-likeness (QED) is 0.853. The second-order valence-electron chi connectivity index (χ2n) is 6.09. The van der Waals surface area contributed by atoms with Crippen molar-refractivity contribution >= 4 is 17.7 Å². The van der Waals surface area contributed by atoms with Gasteiger partial charge >= 0.3 is 6.09 Å². The van der Waals surface area contributed by atoms with Gasteiger partial charge in [0.25, 0.3) is 0 Å². The first-order chi connectivity index (χ1) is 11.4. The van der Waals surface area contributed by atoms with Gasteiger partial charge in [-0.3, -0.25) is 0 Å². The van der Waals surface area contributed by atoms with Crippen molar-refractivity contribution in [3.63, 3.8) is 0 Å². The number of nitrogens with one attached hydrogen (secondary N) is 1. The highest BCUT2D eigenvalue weighted by atomic mass is 35.5. The zero-order valence-corrected chi connectivity index (χ0v) is 14.0. The average Bonchev–Trinajstić information content (AvgIpc) is 3.16. The summed E-state index contributed by atoms with van der Waals surface area (Å²) >= 11 is 6.04. The van der Waals surface area contributed by atoms with Gasteiger partial charge in [-0.2, -0.15) is 9.97 Å². The first kappa shape index (κ1) is 16.5. The molecular formula is C15H17ClN4O4. The number of carbonyl (C=O) groups excluding carboxylic acids is 1. The highest BCUT2D eigenvalue weighted by molar-refractivity contribution is 6.31. The molecule has 1 amide bonds. The van der Waals surface area contributed by atoms with Crippen molar-refractivity contribution in [2.45, 2.75) is 32.2 Å². The molecule has 9 heteroatoms. The summed E-state index contributed by atoms with van der Waals surface area (Å²) in [5.74, 6) is 1.24. The zero-order valence-electron chi connectivity index (χ0n) is 13.3. The molecule has 0 aromatic carbocycles. The molecule has 128 valence electrons. The van der Waals surface area contributed by atoms with Crippen molar-refractivity contribution in [1.82, 2.24) is 20.4 Å². The van der Waals surface area contributed by atoms with Crippen LogP contribution < -0.4 is 14.8 Å². The van der Waals surface area contributed by atoms with Crippen LogP contribution >= 0.6 is 11.6 Å². The van der Waals surface area contributed by atoms with E-state index in [1.165, 1.54) is 12.5 Å². The number of nitrogens with zero attached hydrogens (tertiary/aromatic N) is 3.